The van der Waals surface area contributed by atoms with Crippen molar-refractivity contribution in [2.24, 2.45) is 0 Å². The Balaban J connectivity index is 2.92. The van der Waals surface area contributed by atoms with Crippen molar-refractivity contribution in [1.82, 2.24) is 5.32 Å². The molecule has 0 aliphatic carbocycles. The molecule has 0 saturated carbocycles. The third-order valence-corrected chi connectivity index (χ3v) is 1.34. The van der Waals surface area contributed by atoms with Gasteiger partial charge < -0.3 is 15.2 Å². The van der Waals surface area contributed by atoms with Gasteiger partial charge in [-0.15, -0.1) is 0 Å². The molecule has 0 radical (unpaired) electrons. The van der Waals surface area contributed by atoms with Crippen LogP contribution in [0.2, 0.25) is 0 Å². The fourth-order valence-corrected chi connectivity index (χ4v) is 0.850. The average molecular weight is 155 g/mol. The predicted molar refractivity (Wildman–Crippen MR) is 38.8 cm³/mol. The number of carbonyl (C=O) groups is 1. The van der Waals surface area contributed by atoms with Crippen LogP contribution in [0, 0.1) is 0 Å². The molecule has 1 heterocycles. The summed E-state index contributed by atoms with van der Waals surface area (Å²) in [4.78, 5) is 10.5. The first-order valence-electron chi connectivity index (χ1n) is 3.17. The molecule has 2 N–H and O–H groups in total. The highest BCUT2D eigenvalue weighted by Gasteiger charge is 2.13. The van der Waals surface area contributed by atoms with Crippen LogP contribution in [0.5, 0.6) is 0 Å². The van der Waals surface area contributed by atoms with E-state index < -0.39 is 5.97 Å². The summed E-state index contributed by atoms with van der Waals surface area (Å²) < 4.78 is 4.80. The van der Waals surface area contributed by atoms with Gasteiger partial charge in [-0.25, -0.2) is 4.79 Å². The zero-order valence-corrected chi connectivity index (χ0v) is 6.13. The molecule has 0 aromatic heterocycles. The molecule has 1 rings (SSSR count). The highest BCUT2D eigenvalue weighted by atomic mass is 16.5. The highest BCUT2D eigenvalue weighted by Crippen LogP contribution is 2.07. The van der Waals surface area contributed by atoms with Crippen LogP contribution in [0.15, 0.2) is 23.6 Å². The summed E-state index contributed by atoms with van der Waals surface area (Å²) in [5, 5.41) is 11.4. The van der Waals surface area contributed by atoms with Gasteiger partial charge in [0.15, 0.2) is 0 Å². The van der Waals surface area contributed by atoms with E-state index in [1.165, 1.54) is 13.2 Å². The minimum atomic E-state index is -0.981. The van der Waals surface area contributed by atoms with Crippen LogP contribution < -0.4 is 5.32 Å². The Labute approximate surface area is 64.2 Å². The SMILES string of the molecule is COC1=C(C(=O)O)C=CCN1. The van der Waals surface area contributed by atoms with Gasteiger partial charge in [-0.1, -0.05) is 6.08 Å². The zero-order valence-electron chi connectivity index (χ0n) is 6.13. The molecule has 11 heavy (non-hydrogen) atoms. The Morgan fingerprint density at radius 3 is 3.00 bits per heavy atom. The maximum absolute atomic E-state index is 10.5. The van der Waals surface area contributed by atoms with Crippen LogP contribution in [0.4, 0.5) is 0 Å². The maximum atomic E-state index is 10.5. The van der Waals surface area contributed by atoms with Crippen LogP contribution >= 0.6 is 0 Å². The summed E-state index contributed by atoms with van der Waals surface area (Å²) in [6, 6.07) is 0. The number of ether oxygens (including phenoxy) is 1. The first-order valence-corrected chi connectivity index (χ1v) is 3.17. The summed E-state index contributed by atoms with van der Waals surface area (Å²) in [7, 11) is 1.43. The monoisotopic (exact) mass is 155 g/mol. The van der Waals surface area contributed by atoms with Gasteiger partial charge in [-0.05, 0) is 6.08 Å². The third-order valence-electron chi connectivity index (χ3n) is 1.34. The fraction of sp³-hybridized carbons (Fsp3) is 0.286. The average Bonchev–Trinajstić information content (AvgIpc) is 2.04. The van der Waals surface area contributed by atoms with E-state index in [0.29, 0.717) is 12.4 Å². The van der Waals surface area contributed by atoms with E-state index in [2.05, 4.69) is 5.32 Å². The summed E-state index contributed by atoms with van der Waals surface area (Å²) in [5.41, 5.74) is 0.166. The van der Waals surface area contributed by atoms with Gasteiger partial charge in [-0.3, -0.25) is 0 Å². The quantitative estimate of drug-likeness (QED) is 0.593. The molecule has 0 unspecified atom stereocenters. The second kappa shape index (κ2) is 3.09. The number of hydrogen-bond donors (Lipinski definition) is 2. The second-order valence-electron chi connectivity index (χ2n) is 2.04. The van der Waals surface area contributed by atoms with Crippen molar-refractivity contribution in [2.75, 3.05) is 13.7 Å². The number of methoxy groups -OCH3 is 1. The van der Waals surface area contributed by atoms with Gasteiger partial charge in [0, 0.05) is 6.54 Å². The zero-order chi connectivity index (χ0) is 8.27. The molecule has 1 aliphatic rings. The number of carboxylic acid groups (broad SMARTS) is 1. The van der Waals surface area contributed by atoms with E-state index in [1.54, 1.807) is 6.08 Å². The normalized spacial score (nSPS) is 16.1. The van der Waals surface area contributed by atoms with Crippen molar-refractivity contribution in [2.45, 2.75) is 0 Å². The summed E-state index contributed by atoms with van der Waals surface area (Å²) in [5.74, 6) is -0.662. The molecule has 0 aromatic carbocycles. The van der Waals surface area contributed by atoms with Crippen molar-refractivity contribution in [3.05, 3.63) is 23.6 Å². The van der Waals surface area contributed by atoms with Gasteiger partial charge in [0.2, 0.25) is 5.88 Å². The van der Waals surface area contributed by atoms with Crippen LogP contribution in [-0.4, -0.2) is 24.7 Å². The lowest BCUT2D eigenvalue weighted by Crippen LogP contribution is -2.22. The van der Waals surface area contributed by atoms with Crippen molar-refractivity contribution in [3.8, 4) is 0 Å². The van der Waals surface area contributed by atoms with Crippen LogP contribution in [0.1, 0.15) is 0 Å². The number of carboxylic acids is 1. The molecule has 4 nitrogen and oxygen atoms in total. The van der Waals surface area contributed by atoms with Crippen LogP contribution in [0.25, 0.3) is 0 Å². The van der Waals surface area contributed by atoms with E-state index in [1.807, 2.05) is 0 Å². The number of hydrogen-bond acceptors (Lipinski definition) is 3. The van der Waals surface area contributed by atoms with E-state index in [9.17, 15) is 4.79 Å². The first kappa shape index (κ1) is 7.65. The fourth-order valence-electron chi connectivity index (χ4n) is 0.850. The largest absolute Gasteiger partial charge is 0.482 e. The van der Waals surface area contributed by atoms with Crippen molar-refractivity contribution < 1.29 is 14.6 Å². The topological polar surface area (TPSA) is 58.6 Å². The maximum Gasteiger partial charge on any atom is 0.341 e. The minimum absolute atomic E-state index is 0.166. The molecule has 1 aliphatic heterocycles. The van der Waals surface area contributed by atoms with Gasteiger partial charge in [0.05, 0.1) is 7.11 Å². The minimum Gasteiger partial charge on any atom is -0.482 e. The Kier molecular flexibility index (Phi) is 2.15. The molecule has 0 spiro atoms. The van der Waals surface area contributed by atoms with Crippen LogP contribution in [0.3, 0.4) is 0 Å². The Hall–Kier alpha value is -1.45. The van der Waals surface area contributed by atoms with Crippen molar-refractivity contribution >= 4 is 5.97 Å². The molecule has 0 aromatic rings. The van der Waals surface area contributed by atoms with Crippen molar-refractivity contribution in [1.29, 1.82) is 0 Å². The molecule has 0 fully saturated rings. The summed E-state index contributed by atoms with van der Waals surface area (Å²) in [6.45, 7) is 0.611. The smallest absolute Gasteiger partial charge is 0.341 e. The summed E-state index contributed by atoms with van der Waals surface area (Å²) >= 11 is 0. The molecule has 4 heteroatoms. The van der Waals surface area contributed by atoms with Gasteiger partial charge in [0.25, 0.3) is 0 Å². The molecule has 60 valence electrons. The number of aliphatic carboxylic acids is 1. The van der Waals surface area contributed by atoms with E-state index in [-0.39, 0.29) is 5.57 Å². The lowest BCUT2D eigenvalue weighted by molar-refractivity contribution is -0.132. The molecule has 0 atom stereocenters. The number of dihydropyridines is 1. The number of nitrogens with one attached hydrogen (secondary N) is 1. The first-order chi connectivity index (χ1) is 5.25. The van der Waals surface area contributed by atoms with E-state index in [0.717, 1.165) is 0 Å². The lowest BCUT2D eigenvalue weighted by Gasteiger charge is -2.13. The third kappa shape index (κ3) is 1.52. The molecule has 0 bridgehead atoms. The second-order valence-corrected chi connectivity index (χ2v) is 2.04. The van der Waals surface area contributed by atoms with Crippen molar-refractivity contribution in [3.63, 3.8) is 0 Å². The van der Waals surface area contributed by atoms with Crippen LogP contribution in [-0.2, 0) is 9.53 Å². The van der Waals surface area contributed by atoms with Gasteiger partial charge in [0.1, 0.15) is 5.57 Å². The highest BCUT2D eigenvalue weighted by molar-refractivity contribution is 5.90. The Morgan fingerprint density at radius 1 is 1.82 bits per heavy atom. The molecular formula is C7H9NO3. The van der Waals surface area contributed by atoms with Gasteiger partial charge in [-0.2, -0.15) is 0 Å². The summed E-state index contributed by atoms with van der Waals surface area (Å²) in [6.07, 6.45) is 3.25. The standard InChI is InChI=1S/C7H9NO3/c1-11-6-5(7(9)10)3-2-4-8-6/h2-3,8H,4H2,1H3,(H,9,10). The predicted octanol–water partition coefficient (Wildman–Crippen LogP) is 0.0884. The molecule has 0 amide bonds. The van der Waals surface area contributed by atoms with Gasteiger partial charge >= 0.3 is 5.97 Å². The van der Waals surface area contributed by atoms with E-state index in [4.69, 9.17) is 9.84 Å². The lowest BCUT2D eigenvalue weighted by atomic mass is 10.2. The Morgan fingerprint density at radius 2 is 2.55 bits per heavy atom. The number of rotatable bonds is 2. The van der Waals surface area contributed by atoms with E-state index >= 15 is 0 Å². The Bertz CT molecular complexity index is 230. The molecule has 0 saturated heterocycles. The molecular weight excluding hydrogens is 146 g/mol.